The summed E-state index contributed by atoms with van der Waals surface area (Å²) in [7, 11) is 1.69. The molecule has 2 rings (SSSR count). The van der Waals surface area contributed by atoms with E-state index in [1.54, 1.807) is 7.11 Å². The van der Waals surface area contributed by atoms with Crippen LogP contribution in [0.4, 0.5) is 0 Å². The third-order valence-corrected chi connectivity index (χ3v) is 2.94. The van der Waals surface area contributed by atoms with Crippen LogP contribution in [-0.4, -0.2) is 23.4 Å². The fourth-order valence-electron chi connectivity index (χ4n) is 2.00. The Labute approximate surface area is 113 Å². The number of para-hydroxylation sites is 1. The molecule has 0 bridgehead atoms. The van der Waals surface area contributed by atoms with Gasteiger partial charge in [-0.2, -0.15) is 0 Å². The molecule has 0 saturated carbocycles. The summed E-state index contributed by atoms with van der Waals surface area (Å²) in [6, 6.07) is 8.00. The predicted octanol–water partition coefficient (Wildman–Crippen LogP) is 3.10. The zero-order valence-corrected chi connectivity index (χ0v) is 11.9. The number of H-pyrrole nitrogens is 1. The molecule has 0 saturated heterocycles. The lowest BCUT2D eigenvalue weighted by molar-refractivity contribution is 0.230. The molecule has 4 heteroatoms. The number of hydrogen-bond donors (Lipinski definition) is 1. The Morgan fingerprint density at radius 3 is 2.68 bits per heavy atom. The minimum atomic E-state index is 0.110. The second-order valence-corrected chi connectivity index (χ2v) is 4.79. The first-order chi connectivity index (χ1) is 9.11. The van der Waals surface area contributed by atoms with Crippen LogP contribution in [0.2, 0.25) is 0 Å². The molecule has 0 aliphatic rings. The van der Waals surface area contributed by atoms with Gasteiger partial charge in [0.2, 0.25) is 5.88 Å². The molecule has 102 valence electrons. The zero-order chi connectivity index (χ0) is 13.8. The summed E-state index contributed by atoms with van der Waals surface area (Å²) in [5, 5.41) is 7.20. The van der Waals surface area contributed by atoms with Gasteiger partial charge >= 0.3 is 0 Å². The van der Waals surface area contributed by atoms with Crippen LogP contribution >= 0.6 is 0 Å². The van der Waals surface area contributed by atoms with Crippen LogP contribution in [0.1, 0.15) is 30.7 Å². The number of hydrogen-bond acceptors (Lipinski definition) is 3. The van der Waals surface area contributed by atoms with Crippen molar-refractivity contribution in [3.8, 4) is 11.6 Å². The smallest absolute Gasteiger partial charge is 0.236 e. The number of aromatic nitrogens is 2. The zero-order valence-electron chi connectivity index (χ0n) is 11.9. The Morgan fingerprint density at radius 2 is 2.00 bits per heavy atom. The summed E-state index contributed by atoms with van der Waals surface area (Å²) in [4.78, 5) is 0. The molecule has 0 unspecified atom stereocenters. The van der Waals surface area contributed by atoms with Gasteiger partial charge in [-0.25, -0.2) is 0 Å². The monoisotopic (exact) mass is 260 g/mol. The van der Waals surface area contributed by atoms with Gasteiger partial charge < -0.3 is 9.47 Å². The van der Waals surface area contributed by atoms with Crippen molar-refractivity contribution in [2.45, 2.75) is 33.3 Å². The molecule has 19 heavy (non-hydrogen) atoms. The number of methoxy groups -OCH3 is 1. The van der Waals surface area contributed by atoms with Gasteiger partial charge in [0.05, 0.1) is 13.2 Å². The SMILES string of the molecule is COc1ccccc1Cc1c(OC(C)C)n[nH]c1C. The molecule has 0 aliphatic carbocycles. The van der Waals surface area contributed by atoms with Crippen molar-refractivity contribution in [1.82, 2.24) is 10.2 Å². The van der Waals surface area contributed by atoms with Crippen molar-refractivity contribution in [1.29, 1.82) is 0 Å². The van der Waals surface area contributed by atoms with Gasteiger partial charge in [0.1, 0.15) is 5.75 Å². The highest BCUT2D eigenvalue weighted by Gasteiger charge is 2.15. The van der Waals surface area contributed by atoms with E-state index in [-0.39, 0.29) is 6.10 Å². The Balaban J connectivity index is 2.30. The van der Waals surface area contributed by atoms with E-state index in [4.69, 9.17) is 9.47 Å². The van der Waals surface area contributed by atoms with Gasteiger partial charge in [-0.3, -0.25) is 5.10 Å². The highest BCUT2D eigenvalue weighted by Crippen LogP contribution is 2.27. The van der Waals surface area contributed by atoms with Gasteiger partial charge in [-0.15, -0.1) is 5.10 Å². The minimum absolute atomic E-state index is 0.110. The average molecular weight is 260 g/mol. The Bertz CT molecular complexity index is 547. The van der Waals surface area contributed by atoms with E-state index in [1.807, 2.05) is 39.0 Å². The molecule has 1 aromatic carbocycles. The Morgan fingerprint density at radius 1 is 1.26 bits per heavy atom. The first-order valence-corrected chi connectivity index (χ1v) is 6.44. The van der Waals surface area contributed by atoms with Gasteiger partial charge in [0.15, 0.2) is 0 Å². The van der Waals surface area contributed by atoms with Crippen LogP contribution in [0.5, 0.6) is 11.6 Å². The topological polar surface area (TPSA) is 47.1 Å². The maximum Gasteiger partial charge on any atom is 0.236 e. The number of ether oxygens (including phenoxy) is 2. The van der Waals surface area contributed by atoms with Crippen LogP contribution in [-0.2, 0) is 6.42 Å². The van der Waals surface area contributed by atoms with E-state index in [0.717, 1.165) is 29.0 Å². The normalized spacial score (nSPS) is 10.8. The van der Waals surface area contributed by atoms with Crippen molar-refractivity contribution < 1.29 is 9.47 Å². The van der Waals surface area contributed by atoms with E-state index >= 15 is 0 Å². The third kappa shape index (κ3) is 3.08. The van der Waals surface area contributed by atoms with E-state index < -0.39 is 0 Å². The Kier molecular flexibility index (Phi) is 4.10. The van der Waals surface area contributed by atoms with Gasteiger partial charge in [0, 0.05) is 17.7 Å². The van der Waals surface area contributed by atoms with Crippen LogP contribution in [0, 0.1) is 6.92 Å². The molecular formula is C15H20N2O2. The molecule has 0 fully saturated rings. The molecule has 1 aromatic heterocycles. The highest BCUT2D eigenvalue weighted by molar-refractivity contribution is 5.41. The number of aromatic amines is 1. The molecular weight excluding hydrogens is 240 g/mol. The lowest BCUT2D eigenvalue weighted by Gasteiger charge is -2.11. The number of rotatable bonds is 5. The molecule has 2 aromatic rings. The van der Waals surface area contributed by atoms with Crippen molar-refractivity contribution in [2.75, 3.05) is 7.11 Å². The fourth-order valence-corrected chi connectivity index (χ4v) is 2.00. The van der Waals surface area contributed by atoms with Crippen LogP contribution in [0.25, 0.3) is 0 Å². The molecule has 0 radical (unpaired) electrons. The van der Waals surface area contributed by atoms with Crippen molar-refractivity contribution >= 4 is 0 Å². The Hall–Kier alpha value is -1.97. The van der Waals surface area contributed by atoms with Crippen molar-refractivity contribution in [3.05, 3.63) is 41.1 Å². The lowest BCUT2D eigenvalue weighted by atomic mass is 10.0. The number of aryl methyl sites for hydroxylation is 1. The predicted molar refractivity (Wildman–Crippen MR) is 74.9 cm³/mol. The average Bonchev–Trinajstić information content (AvgIpc) is 2.71. The highest BCUT2D eigenvalue weighted by atomic mass is 16.5. The standard InChI is InChI=1S/C15H20N2O2/c1-10(2)19-15-13(11(3)16-17-15)9-12-7-5-6-8-14(12)18-4/h5-8,10H,9H2,1-4H3,(H,16,17). The van der Waals surface area contributed by atoms with E-state index in [9.17, 15) is 0 Å². The first kappa shape index (κ1) is 13.5. The maximum atomic E-state index is 5.73. The molecule has 1 heterocycles. The quantitative estimate of drug-likeness (QED) is 0.898. The summed E-state index contributed by atoms with van der Waals surface area (Å²) in [6.07, 6.45) is 0.855. The maximum absolute atomic E-state index is 5.73. The van der Waals surface area contributed by atoms with Crippen molar-refractivity contribution in [2.24, 2.45) is 0 Å². The first-order valence-electron chi connectivity index (χ1n) is 6.44. The third-order valence-electron chi connectivity index (χ3n) is 2.94. The summed E-state index contributed by atoms with van der Waals surface area (Å²) in [5.74, 6) is 1.57. The summed E-state index contributed by atoms with van der Waals surface area (Å²) in [5.41, 5.74) is 3.24. The van der Waals surface area contributed by atoms with Gasteiger partial charge in [0.25, 0.3) is 0 Å². The summed E-state index contributed by atoms with van der Waals surface area (Å²) < 4.78 is 11.1. The van der Waals surface area contributed by atoms with E-state index in [2.05, 4.69) is 16.3 Å². The molecule has 0 amide bonds. The van der Waals surface area contributed by atoms with Crippen LogP contribution in [0.3, 0.4) is 0 Å². The summed E-state index contributed by atoms with van der Waals surface area (Å²) in [6.45, 7) is 6.00. The molecule has 0 aliphatic heterocycles. The molecule has 0 spiro atoms. The minimum Gasteiger partial charge on any atom is -0.496 e. The van der Waals surface area contributed by atoms with Crippen molar-refractivity contribution in [3.63, 3.8) is 0 Å². The fraction of sp³-hybridized carbons (Fsp3) is 0.400. The van der Waals surface area contributed by atoms with E-state index in [1.165, 1.54) is 0 Å². The van der Waals surface area contributed by atoms with Gasteiger partial charge in [-0.1, -0.05) is 18.2 Å². The van der Waals surface area contributed by atoms with Crippen LogP contribution in [0.15, 0.2) is 24.3 Å². The van der Waals surface area contributed by atoms with Crippen LogP contribution < -0.4 is 9.47 Å². The molecule has 4 nitrogen and oxygen atoms in total. The number of nitrogens with one attached hydrogen (secondary N) is 1. The second-order valence-electron chi connectivity index (χ2n) is 4.79. The molecule has 1 N–H and O–H groups in total. The second kappa shape index (κ2) is 5.78. The largest absolute Gasteiger partial charge is 0.496 e. The summed E-state index contributed by atoms with van der Waals surface area (Å²) >= 11 is 0. The van der Waals surface area contributed by atoms with Gasteiger partial charge in [-0.05, 0) is 32.4 Å². The molecule has 0 atom stereocenters. The number of nitrogens with zero attached hydrogens (tertiary/aromatic N) is 1. The lowest BCUT2D eigenvalue weighted by Crippen LogP contribution is -2.08. The van der Waals surface area contributed by atoms with E-state index in [0.29, 0.717) is 5.88 Å². The number of benzene rings is 1.